The first-order valence-corrected chi connectivity index (χ1v) is 5.30. The van der Waals surface area contributed by atoms with Crippen molar-refractivity contribution in [3.8, 4) is 0 Å². The molecule has 0 saturated heterocycles. The normalized spacial score (nSPS) is 9.60. The Morgan fingerprint density at radius 2 is 1.67 bits per heavy atom. The van der Waals surface area contributed by atoms with Gasteiger partial charge in [-0.05, 0) is 18.6 Å². The van der Waals surface area contributed by atoms with Crippen molar-refractivity contribution in [3.05, 3.63) is 41.6 Å². The molecular formula is C13H18NO+. The van der Waals surface area contributed by atoms with Crippen LogP contribution in [0.3, 0.4) is 0 Å². The quantitative estimate of drug-likeness (QED) is 0.517. The SMILES string of the molecule is CC.Cc1cc(C)[n+](O)c2ccccc12. The van der Waals surface area contributed by atoms with Gasteiger partial charge in [-0.3, -0.25) is 5.21 Å². The zero-order valence-electron chi connectivity index (χ0n) is 9.78. The Morgan fingerprint density at radius 3 is 2.33 bits per heavy atom. The molecule has 0 aliphatic carbocycles. The van der Waals surface area contributed by atoms with Crippen molar-refractivity contribution in [2.24, 2.45) is 0 Å². The van der Waals surface area contributed by atoms with Crippen molar-refractivity contribution < 1.29 is 9.94 Å². The molecule has 2 heteroatoms. The summed E-state index contributed by atoms with van der Waals surface area (Å²) in [6, 6.07) is 9.80. The van der Waals surface area contributed by atoms with Crippen LogP contribution in [0.5, 0.6) is 0 Å². The molecule has 1 aromatic heterocycles. The van der Waals surface area contributed by atoms with Gasteiger partial charge in [-0.25, -0.2) is 0 Å². The van der Waals surface area contributed by atoms with E-state index in [4.69, 9.17) is 0 Å². The molecule has 1 aromatic carbocycles. The van der Waals surface area contributed by atoms with Gasteiger partial charge < -0.3 is 0 Å². The molecule has 0 saturated carbocycles. The van der Waals surface area contributed by atoms with Gasteiger partial charge in [0.05, 0.1) is 5.39 Å². The van der Waals surface area contributed by atoms with E-state index in [9.17, 15) is 5.21 Å². The minimum atomic E-state index is 0.858. The summed E-state index contributed by atoms with van der Waals surface area (Å²) < 4.78 is 1.22. The maximum atomic E-state index is 9.70. The maximum absolute atomic E-state index is 9.70. The van der Waals surface area contributed by atoms with Gasteiger partial charge in [-0.15, -0.1) is 0 Å². The minimum absolute atomic E-state index is 0.858. The van der Waals surface area contributed by atoms with Gasteiger partial charge in [0, 0.05) is 23.8 Å². The van der Waals surface area contributed by atoms with Crippen LogP contribution in [0.15, 0.2) is 30.3 Å². The fraction of sp³-hybridized carbons (Fsp3) is 0.308. The first-order valence-electron chi connectivity index (χ1n) is 5.30. The summed E-state index contributed by atoms with van der Waals surface area (Å²) in [6.07, 6.45) is 0. The lowest BCUT2D eigenvalue weighted by atomic mass is 10.1. The van der Waals surface area contributed by atoms with Crippen molar-refractivity contribution in [1.29, 1.82) is 0 Å². The third-order valence-corrected chi connectivity index (χ3v) is 2.32. The summed E-state index contributed by atoms with van der Waals surface area (Å²) in [5.41, 5.74) is 2.91. The zero-order chi connectivity index (χ0) is 11.4. The lowest BCUT2D eigenvalue weighted by Gasteiger charge is -1.99. The lowest BCUT2D eigenvalue weighted by molar-refractivity contribution is -0.888. The van der Waals surface area contributed by atoms with Crippen LogP contribution in [0, 0.1) is 13.8 Å². The molecule has 1 N–H and O–H groups in total. The Labute approximate surface area is 90.8 Å². The van der Waals surface area contributed by atoms with Crippen molar-refractivity contribution >= 4 is 10.9 Å². The van der Waals surface area contributed by atoms with E-state index in [0.29, 0.717) is 0 Å². The molecule has 0 amide bonds. The fourth-order valence-electron chi connectivity index (χ4n) is 1.63. The predicted octanol–water partition coefficient (Wildman–Crippen LogP) is 3.01. The third kappa shape index (κ3) is 2.09. The highest BCUT2D eigenvalue weighted by Crippen LogP contribution is 2.14. The smallest absolute Gasteiger partial charge is 0.265 e. The number of fused-ring (bicyclic) bond motifs is 1. The van der Waals surface area contributed by atoms with E-state index in [1.165, 1.54) is 10.3 Å². The molecule has 0 atom stereocenters. The summed E-state index contributed by atoms with van der Waals surface area (Å²) >= 11 is 0. The van der Waals surface area contributed by atoms with Gasteiger partial charge in [0.15, 0.2) is 0 Å². The first kappa shape index (κ1) is 11.5. The molecular weight excluding hydrogens is 186 g/mol. The topological polar surface area (TPSA) is 24.1 Å². The molecule has 0 fully saturated rings. The monoisotopic (exact) mass is 204 g/mol. The minimum Gasteiger partial charge on any atom is -0.284 e. The molecule has 0 aliphatic rings. The van der Waals surface area contributed by atoms with Crippen LogP contribution in [0.2, 0.25) is 0 Å². The van der Waals surface area contributed by atoms with Crippen molar-refractivity contribution in [3.63, 3.8) is 0 Å². The Kier molecular flexibility index (Phi) is 3.67. The largest absolute Gasteiger partial charge is 0.284 e. The highest BCUT2D eigenvalue weighted by Gasteiger charge is 2.12. The van der Waals surface area contributed by atoms with Crippen LogP contribution in [-0.4, -0.2) is 5.21 Å². The molecule has 15 heavy (non-hydrogen) atoms. The molecule has 1 heterocycles. The van der Waals surface area contributed by atoms with E-state index in [1.54, 1.807) is 0 Å². The average Bonchev–Trinajstić information content (AvgIpc) is 2.29. The number of aromatic nitrogens is 1. The summed E-state index contributed by atoms with van der Waals surface area (Å²) in [5.74, 6) is 0. The van der Waals surface area contributed by atoms with Gasteiger partial charge in [0.25, 0.3) is 5.52 Å². The molecule has 0 bridgehead atoms. The zero-order valence-corrected chi connectivity index (χ0v) is 9.78. The number of pyridine rings is 1. The Hall–Kier alpha value is -1.57. The van der Waals surface area contributed by atoms with Crippen LogP contribution in [0.25, 0.3) is 10.9 Å². The number of nitrogens with zero attached hydrogens (tertiary/aromatic N) is 1. The van der Waals surface area contributed by atoms with Crippen molar-refractivity contribution in [2.45, 2.75) is 27.7 Å². The van der Waals surface area contributed by atoms with Gasteiger partial charge in [0.2, 0.25) is 5.69 Å². The number of benzene rings is 1. The van der Waals surface area contributed by atoms with Gasteiger partial charge >= 0.3 is 0 Å². The molecule has 2 rings (SSSR count). The average molecular weight is 204 g/mol. The van der Waals surface area contributed by atoms with E-state index in [1.807, 2.05) is 51.1 Å². The molecule has 0 unspecified atom stereocenters. The number of hydrogen-bond acceptors (Lipinski definition) is 1. The summed E-state index contributed by atoms with van der Waals surface area (Å²) in [6.45, 7) is 7.94. The summed E-state index contributed by atoms with van der Waals surface area (Å²) in [5, 5.41) is 10.8. The van der Waals surface area contributed by atoms with E-state index < -0.39 is 0 Å². The van der Waals surface area contributed by atoms with Crippen molar-refractivity contribution in [2.75, 3.05) is 0 Å². The number of rotatable bonds is 0. The van der Waals surface area contributed by atoms with Gasteiger partial charge in [-0.2, -0.15) is 0 Å². The molecule has 80 valence electrons. The second-order valence-corrected chi connectivity index (χ2v) is 3.30. The maximum Gasteiger partial charge on any atom is 0.265 e. The summed E-state index contributed by atoms with van der Waals surface area (Å²) in [4.78, 5) is 0. The molecule has 0 aliphatic heterocycles. The number of hydrogen-bond donors (Lipinski definition) is 1. The van der Waals surface area contributed by atoms with Crippen LogP contribution in [0.1, 0.15) is 25.1 Å². The van der Waals surface area contributed by atoms with E-state index in [-0.39, 0.29) is 0 Å². The second kappa shape index (κ2) is 4.78. The van der Waals surface area contributed by atoms with E-state index in [0.717, 1.165) is 16.6 Å². The van der Waals surface area contributed by atoms with Crippen LogP contribution in [0.4, 0.5) is 0 Å². The Bertz CT molecular complexity index is 463. The molecule has 2 nitrogen and oxygen atoms in total. The van der Waals surface area contributed by atoms with E-state index >= 15 is 0 Å². The molecule has 0 spiro atoms. The fourth-order valence-corrected chi connectivity index (χ4v) is 1.63. The third-order valence-electron chi connectivity index (χ3n) is 2.32. The Balaban J connectivity index is 0.000000531. The Morgan fingerprint density at radius 1 is 1.07 bits per heavy atom. The van der Waals surface area contributed by atoms with Gasteiger partial charge in [0.1, 0.15) is 0 Å². The highest BCUT2D eigenvalue weighted by atomic mass is 16.5. The van der Waals surface area contributed by atoms with Crippen LogP contribution in [-0.2, 0) is 0 Å². The number of para-hydroxylation sites is 1. The van der Waals surface area contributed by atoms with Crippen molar-refractivity contribution in [1.82, 2.24) is 0 Å². The first-order chi connectivity index (χ1) is 7.20. The van der Waals surface area contributed by atoms with E-state index in [2.05, 4.69) is 6.92 Å². The summed E-state index contributed by atoms with van der Waals surface area (Å²) in [7, 11) is 0. The molecule has 0 radical (unpaired) electrons. The van der Waals surface area contributed by atoms with Crippen LogP contribution >= 0.6 is 0 Å². The van der Waals surface area contributed by atoms with Gasteiger partial charge in [-0.1, -0.05) is 26.0 Å². The second-order valence-electron chi connectivity index (χ2n) is 3.30. The highest BCUT2D eigenvalue weighted by molar-refractivity contribution is 5.79. The van der Waals surface area contributed by atoms with Crippen LogP contribution < -0.4 is 4.73 Å². The number of aryl methyl sites for hydroxylation is 2. The predicted molar refractivity (Wildman–Crippen MR) is 62.1 cm³/mol. The standard InChI is InChI=1S/C11H12NO.C2H6/c1-8-7-9(2)12(13)11-6-4-3-5-10(8)11;1-2/h3-7,13H,1-2H3;1-2H3/q+1;. The lowest BCUT2D eigenvalue weighted by Crippen LogP contribution is -2.34. The molecule has 2 aromatic rings.